The normalized spacial score (nSPS) is 11.6. The average molecular weight is 349 g/mol. The molecule has 2 aromatic rings. The minimum absolute atomic E-state index is 0.0331. The molecule has 0 aliphatic heterocycles. The Bertz CT molecular complexity index is 840. The lowest BCUT2D eigenvalue weighted by Crippen LogP contribution is -2.32. The molecule has 0 unspecified atom stereocenters. The summed E-state index contributed by atoms with van der Waals surface area (Å²) in [6.45, 7) is 2.23. The number of nitriles is 1. The number of halogens is 2. The van der Waals surface area contributed by atoms with Crippen molar-refractivity contribution in [2.75, 3.05) is 0 Å². The number of aryl methyl sites for hydroxylation is 1. The van der Waals surface area contributed by atoms with Gasteiger partial charge >= 0.3 is 0 Å². The van der Waals surface area contributed by atoms with Crippen molar-refractivity contribution in [2.24, 2.45) is 0 Å². The van der Waals surface area contributed by atoms with Crippen LogP contribution in [0.2, 0.25) is 5.02 Å². The highest BCUT2D eigenvalue weighted by Crippen LogP contribution is 2.25. The molecule has 0 radical (unpaired) electrons. The van der Waals surface area contributed by atoms with Crippen molar-refractivity contribution >= 4 is 17.5 Å². The summed E-state index contributed by atoms with van der Waals surface area (Å²) in [5.41, 5.74) is -0.491. The van der Waals surface area contributed by atoms with E-state index in [1.54, 1.807) is 6.07 Å². The van der Waals surface area contributed by atoms with Crippen molar-refractivity contribution in [1.29, 1.82) is 5.26 Å². The van der Waals surface area contributed by atoms with E-state index in [1.165, 1.54) is 24.3 Å². The van der Waals surface area contributed by atoms with Crippen LogP contribution in [0.4, 0.5) is 4.39 Å². The largest absolute Gasteiger partial charge is 0.331 e. The van der Waals surface area contributed by atoms with Gasteiger partial charge in [0.05, 0.1) is 6.07 Å². The van der Waals surface area contributed by atoms with Crippen molar-refractivity contribution in [3.63, 3.8) is 0 Å². The molecular formula is C16H14ClFN4O2. The first kappa shape index (κ1) is 17.6. The predicted molar refractivity (Wildman–Crippen MR) is 86.0 cm³/mol. The van der Waals surface area contributed by atoms with Crippen LogP contribution < -0.4 is 10.9 Å². The van der Waals surface area contributed by atoms with E-state index >= 15 is 0 Å². The van der Waals surface area contributed by atoms with Gasteiger partial charge in [-0.05, 0) is 24.6 Å². The van der Waals surface area contributed by atoms with Crippen molar-refractivity contribution in [3.05, 3.63) is 62.8 Å². The van der Waals surface area contributed by atoms with Crippen LogP contribution in [0.25, 0.3) is 0 Å². The Morgan fingerprint density at radius 3 is 2.83 bits per heavy atom. The number of benzene rings is 1. The lowest BCUT2D eigenvalue weighted by atomic mass is 10.1. The number of hydrogen-bond acceptors (Lipinski definition) is 4. The van der Waals surface area contributed by atoms with E-state index < -0.39 is 17.8 Å². The molecule has 24 heavy (non-hydrogen) atoms. The second-order valence-electron chi connectivity index (χ2n) is 4.95. The summed E-state index contributed by atoms with van der Waals surface area (Å²) in [6, 6.07) is 6.97. The molecule has 2 rings (SSSR count). The maximum absolute atomic E-state index is 13.9. The second kappa shape index (κ2) is 7.70. The Balaban J connectivity index is 2.29. The van der Waals surface area contributed by atoms with Gasteiger partial charge in [-0.25, -0.2) is 9.07 Å². The number of amides is 1. The predicted octanol–water partition coefficient (Wildman–Crippen LogP) is 2.44. The molecule has 0 saturated heterocycles. The van der Waals surface area contributed by atoms with E-state index in [-0.39, 0.29) is 21.8 Å². The molecule has 124 valence electrons. The molecule has 0 aliphatic carbocycles. The van der Waals surface area contributed by atoms with Crippen LogP contribution in [-0.2, 0) is 6.54 Å². The number of aromatic nitrogens is 2. The Kier molecular flexibility index (Phi) is 5.66. The van der Waals surface area contributed by atoms with Crippen LogP contribution in [0, 0.1) is 17.1 Å². The summed E-state index contributed by atoms with van der Waals surface area (Å²) < 4.78 is 15.1. The standard InChI is InChI=1S/C16H14ClFN4O2/c1-2-8-22-14(23)7-6-12(21-22)16(24)20-13(9-19)15-10(17)4-3-5-11(15)18/h3-7,13H,2,8H2,1H3,(H,20,24)/t13-/m1/s1. The zero-order valence-corrected chi connectivity index (χ0v) is 13.5. The highest BCUT2D eigenvalue weighted by Gasteiger charge is 2.22. The summed E-state index contributed by atoms with van der Waals surface area (Å²) in [5, 5.41) is 15.6. The van der Waals surface area contributed by atoms with Gasteiger partial charge in [-0.1, -0.05) is 24.6 Å². The third kappa shape index (κ3) is 3.78. The van der Waals surface area contributed by atoms with E-state index in [0.29, 0.717) is 13.0 Å². The first-order valence-electron chi connectivity index (χ1n) is 7.20. The molecule has 1 amide bonds. The molecule has 0 aliphatic rings. The summed E-state index contributed by atoms with van der Waals surface area (Å²) in [4.78, 5) is 23.9. The minimum Gasteiger partial charge on any atom is -0.331 e. The van der Waals surface area contributed by atoms with Crippen molar-refractivity contribution in [2.45, 2.75) is 25.9 Å². The first-order chi connectivity index (χ1) is 11.5. The molecule has 0 bridgehead atoms. The van der Waals surface area contributed by atoms with Crippen LogP contribution >= 0.6 is 11.6 Å². The van der Waals surface area contributed by atoms with Gasteiger partial charge in [-0.3, -0.25) is 9.59 Å². The van der Waals surface area contributed by atoms with E-state index in [9.17, 15) is 19.2 Å². The highest BCUT2D eigenvalue weighted by molar-refractivity contribution is 6.31. The van der Waals surface area contributed by atoms with Gasteiger partial charge in [0.15, 0.2) is 0 Å². The van der Waals surface area contributed by atoms with E-state index in [1.807, 2.05) is 6.92 Å². The monoisotopic (exact) mass is 348 g/mol. The second-order valence-corrected chi connectivity index (χ2v) is 5.36. The van der Waals surface area contributed by atoms with Crippen LogP contribution in [0.1, 0.15) is 35.4 Å². The van der Waals surface area contributed by atoms with Gasteiger partial charge in [-0.2, -0.15) is 10.4 Å². The number of carbonyl (C=O) groups is 1. The molecule has 1 aromatic heterocycles. The van der Waals surface area contributed by atoms with Crippen LogP contribution in [0.5, 0.6) is 0 Å². The quantitative estimate of drug-likeness (QED) is 0.898. The fraction of sp³-hybridized carbons (Fsp3) is 0.250. The molecular weight excluding hydrogens is 335 g/mol. The van der Waals surface area contributed by atoms with Gasteiger partial charge in [0.1, 0.15) is 17.6 Å². The molecule has 1 aromatic carbocycles. The first-order valence-corrected chi connectivity index (χ1v) is 7.58. The number of carbonyl (C=O) groups excluding carboxylic acids is 1. The zero-order valence-electron chi connectivity index (χ0n) is 12.8. The fourth-order valence-electron chi connectivity index (χ4n) is 2.10. The SMILES string of the molecule is CCCn1nc(C(=O)N[C@H](C#N)c2c(F)cccc2Cl)ccc1=O. The molecule has 1 heterocycles. The van der Waals surface area contributed by atoms with Crippen molar-refractivity contribution in [3.8, 4) is 6.07 Å². The van der Waals surface area contributed by atoms with E-state index in [4.69, 9.17) is 11.6 Å². The Morgan fingerprint density at radius 2 is 2.21 bits per heavy atom. The van der Waals surface area contributed by atoms with Crippen molar-refractivity contribution in [1.82, 2.24) is 15.1 Å². The number of hydrogen-bond donors (Lipinski definition) is 1. The van der Waals surface area contributed by atoms with Crippen LogP contribution in [0.3, 0.4) is 0 Å². The maximum atomic E-state index is 13.9. The lowest BCUT2D eigenvalue weighted by Gasteiger charge is -2.14. The molecule has 0 saturated carbocycles. The zero-order chi connectivity index (χ0) is 17.7. The fourth-order valence-corrected chi connectivity index (χ4v) is 2.37. The van der Waals surface area contributed by atoms with Gasteiger partial charge in [0.25, 0.3) is 11.5 Å². The number of nitrogens with one attached hydrogen (secondary N) is 1. The van der Waals surface area contributed by atoms with Gasteiger partial charge in [0.2, 0.25) is 0 Å². The third-order valence-corrected chi connectivity index (χ3v) is 3.56. The molecule has 8 heteroatoms. The lowest BCUT2D eigenvalue weighted by molar-refractivity contribution is 0.0937. The molecule has 6 nitrogen and oxygen atoms in total. The summed E-state index contributed by atoms with van der Waals surface area (Å²) in [7, 11) is 0. The highest BCUT2D eigenvalue weighted by atomic mass is 35.5. The molecule has 0 spiro atoms. The Morgan fingerprint density at radius 1 is 1.46 bits per heavy atom. The van der Waals surface area contributed by atoms with Gasteiger partial charge < -0.3 is 5.32 Å². The molecule has 1 N–H and O–H groups in total. The number of nitrogens with zero attached hydrogens (tertiary/aromatic N) is 3. The van der Waals surface area contributed by atoms with E-state index in [0.717, 1.165) is 10.7 Å². The van der Waals surface area contributed by atoms with E-state index in [2.05, 4.69) is 10.4 Å². The average Bonchev–Trinajstić information content (AvgIpc) is 2.55. The Hall–Kier alpha value is -2.72. The van der Waals surface area contributed by atoms with Crippen LogP contribution in [-0.4, -0.2) is 15.7 Å². The third-order valence-electron chi connectivity index (χ3n) is 3.23. The minimum atomic E-state index is -1.28. The number of rotatable bonds is 5. The topological polar surface area (TPSA) is 87.8 Å². The molecule has 0 fully saturated rings. The summed E-state index contributed by atoms with van der Waals surface area (Å²) >= 11 is 5.92. The van der Waals surface area contributed by atoms with Gasteiger partial charge in [-0.15, -0.1) is 0 Å². The van der Waals surface area contributed by atoms with Gasteiger partial charge in [0, 0.05) is 23.2 Å². The summed E-state index contributed by atoms with van der Waals surface area (Å²) in [6.07, 6.45) is 0.670. The smallest absolute Gasteiger partial charge is 0.273 e. The Labute approximate surface area is 142 Å². The summed E-state index contributed by atoms with van der Waals surface area (Å²) in [5.74, 6) is -1.40. The molecule has 1 atom stereocenters. The van der Waals surface area contributed by atoms with Crippen molar-refractivity contribution < 1.29 is 9.18 Å². The van der Waals surface area contributed by atoms with Crippen LogP contribution in [0.15, 0.2) is 35.1 Å². The maximum Gasteiger partial charge on any atom is 0.273 e.